The summed E-state index contributed by atoms with van der Waals surface area (Å²) in [5.41, 5.74) is 3.22. The van der Waals surface area contributed by atoms with Gasteiger partial charge in [0.1, 0.15) is 0 Å². The van der Waals surface area contributed by atoms with Gasteiger partial charge in [-0.2, -0.15) is 10.1 Å². The molecular formula is C22H23N3O2. The second-order valence-corrected chi connectivity index (χ2v) is 7.83. The molecule has 1 saturated carbocycles. The second-order valence-electron chi connectivity index (χ2n) is 7.83. The molecule has 138 valence electrons. The SMILES string of the molecule is CCn1c(C)c(/C=N\N2C(=O)[C@@H]3[C@H](C2=O)[C@H]2C=C[C@H]3CC2)c2ccccc21. The first-order chi connectivity index (χ1) is 13.1. The predicted octanol–water partition coefficient (Wildman–Crippen LogP) is 3.50. The lowest BCUT2D eigenvalue weighted by Crippen LogP contribution is -2.38. The third-order valence-corrected chi connectivity index (χ3v) is 6.63. The fourth-order valence-corrected chi connectivity index (χ4v) is 5.32. The molecule has 5 nitrogen and oxygen atoms in total. The van der Waals surface area contributed by atoms with Crippen molar-refractivity contribution >= 4 is 28.9 Å². The van der Waals surface area contributed by atoms with Crippen molar-refractivity contribution in [2.75, 3.05) is 0 Å². The molecule has 0 N–H and O–H groups in total. The van der Waals surface area contributed by atoms with Crippen molar-refractivity contribution < 1.29 is 9.59 Å². The minimum absolute atomic E-state index is 0.128. The molecule has 2 aromatic rings. The molecule has 6 rings (SSSR count). The van der Waals surface area contributed by atoms with Crippen LogP contribution in [0.3, 0.4) is 0 Å². The standard InChI is InChI=1S/C22H23N3O2/c1-3-24-13(2)17(16-6-4-5-7-18(16)24)12-23-25-21(26)19-14-8-9-15(11-10-14)20(19)22(25)27/h4-9,12,14-15,19-20H,3,10-11H2,1-2H3/b23-12-/t14-,15-,19-,20+/m0/s1. The summed E-state index contributed by atoms with van der Waals surface area (Å²) >= 11 is 0. The van der Waals surface area contributed by atoms with E-state index in [0.29, 0.717) is 0 Å². The number of hydrogen-bond acceptors (Lipinski definition) is 3. The number of benzene rings is 1. The zero-order chi connectivity index (χ0) is 18.7. The largest absolute Gasteiger partial charge is 0.344 e. The topological polar surface area (TPSA) is 54.7 Å². The van der Waals surface area contributed by atoms with Crippen LogP contribution in [0.25, 0.3) is 10.9 Å². The lowest BCUT2D eigenvalue weighted by Gasteiger charge is -2.37. The van der Waals surface area contributed by atoms with Gasteiger partial charge in [0.05, 0.1) is 18.1 Å². The monoisotopic (exact) mass is 361 g/mol. The van der Waals surface area contributed by atoms with E-state index >= 15 is 0 Å². The van der Waals surface area contributed by atoms with Crippen LogP contribution in [0.5, 0.6) is 0 Å². The molecule has 1 aliphatic heterocycles. The van der Waals surface area contributed by atoms with Crippen LogP contribution in [0, 0.1) is 30.6 Å². The maximum absolute atomic E-state index is 12.9. The van der Waals surface area contributed by atoms with E-state index in [1.54, 1.807) is 6.21 Å². The molecule has 5 heteroatoms. The van der Waals surface area contributed by atoms with Gasteiger partial charge in [-0.1, -0.05) is 30.4 Å². The van der Waals surface area contributed by atoms with Gasteiger partial charge in [-0.3, -0.25) is 9.59 Å². The number of hydrogen-bond donors (Lipinski definition) is 0. The molecule has 2 amide bonds. The van der Waals surface area contributed by atoms with Crippen molar-refractivity contribution in [3.05, 3.63) is 47.7 Å². The van der Waals surface area contributed by atoms with Crippen molar-refractivity contribution in [2.24, 2.45) is 28.8 Å². The van der Waals surface area contributed by atoms with Gasteiger partial charge < -0.3 is 4.57 Å². The van der Waals surface area contributed by atoms with Crippen LogP contribution in [0.15, 0.2) is 41.5 Å². The minimum Gasteiger partial charge on any atom is -0.344 e. The lowest BCUT2D eigenvalue weighted by atomic mass is 9.63. The molecule has 2 fully saturated rings. The highest BCUT2D eigenvalue weighted by molar-refractivity contribution is 6.07. The van der Waals surface area contributed by atoms with Crippen LogP contribution in [0.2, 0.25) is 0 Å². The molecule has 1 aromatic carbocycles. The highest BCUT2D eigenvalue weighted by Gasteiger charge is 2.56. The summed E-state index contributed by atoms with van der Waals surface area (Å²) in [7, 11) is 0. The van der Waals surface area contributed by atoms with Crippen molar-refractivity contribution in [2.45, 2.75) is 33.2 Å². The predicted molar refractivity (Wildman–Crippen MR) is 104 cm³/mol. The smallest absolute Gasteiger partial charge is 0.254 e. The van der Waals surface area contributed by atoms with Crippen LogP contribution < -0.4 is 0 Å². The Hall–Kier alpha value is -2.69. The van der Waals surface area contributed by atoms with Gasteiger partial charge in [0, 0.05) is 28.7 Å². The first-order valence-electron chi connectivity index (χ1n) is 9.79. The molecule has 3 aliphatic carbocycles. The molecule has 27 heavy (non-hydrogen) atoms. The van der Waals surface area contributed by atoms with E-state index < -0.39 is 0 Å². The molecule has 0 spiro atoms. The Bertz CT molecular complexity index is 984. The van der Waals surface area contributed by atoms with Crippen LogP contribution in [-0.2, 0) is 16.1 Å². The summed E-state index contributed by atoms with van der Waals surface area (Å²) < 4.78 is 2.23. The molecule has 2 heterocycles. The summed E-state index contributed by atoms with van der Waals surface area (Å²) in [6, 6.07) is 8.18. The highest BCUT2D eigenvalue weighted by atomic mass is 16.2. The Morgan fingerprint density at radius 3 is 2.30 bits per heavy atom. The van der Waals surface area contributed by atoms with Crippen LogP contribution in [-0.4, -0.2) is 27.6 Å². The van der Waals surface area contributed by atoms with E-state index in [1.165, 1.54) is 0 Å². The van der Waals surface area contributed by atoms with E-state index in [4.69, 9.17) is 0 Å². The van der Waals surface area contributed by atoms with Gasteiger partial charge >= 0.3 is 0 Å². The Morgan fingerprint density at radius 2 is 1.70 bits per heavy atom. The number of carbonyl (C=O) groups excluding carboxylic acids is 2. The van der Waals surface area contributed by atoms with E-state index in [-0.39, 0.29) is 35.5 Å². The normalized spacial score (nSPS) is 29.5. The maximum Gasteiger partial charge on any atom is 0.254 e. The number of imide groups is 1. The molecular weight excluding hydrogens is 338 g/mol. The third-order valence-electron chi connectivity index (χ3n) is 6.63. The lowest BCUT2D eigenvalue weighted by molar-refractivity contribution is -0.140. The van der Waals surface area contributed by atoms with Crippen molar-refractivity contribution in [3.8, 4) is 0 Å². The number of aryl methyl sites for hydroxylation is 1. The van der Waals surface area contributed by atoms with Crippen LogP contribution in [0.4, 0.5) is 0 Å². The van der Waals surface area contributed by atoms with Crippen LogP contribution >= 0.6 is 0 Å². The summed E-state index contributed by atoms with van der Waals surface area (Å²) in [5.74, 6) is -0.289. The van der Waals surface area contributed by atoms with E-state index in [1.807, 2.05) is 12.1 Å². The first kappa shape index (κ1) is 16.5. The zero-order valence-electron chi connectivity index (χ0n) is 15.6. The molecule has 1 saturated heterocycles. The summed E-state index contributed by atoms with van der Waals surface area (Å²) in [4.78, 5) is 25.8. The number of nitrogens with zero attached hydrogens (tertiary/aromatic N) is 3. The number of para-hydroxylation sites is 1. The zero-order valence-corrected chi connectivity index (χ0v) is 15.6. The molecule has 4 aliphatic rings. The van der Waals surface area contributed by atoms with Gasteiger partial charge in [0.2, 0.25) is 0 Å². The fourth-order valence-electron chi connectivity index (χ4n) is 5.32. The van der Waals surface area contributed by atoms with Crippen molar-refractivity contribution in [3.63, 3.8) is 0 Å². The summed E-state index contributed by atoms with van der Waals surface area (Å²) in [5, 5.41) is 6.64. The molecule has 2 bridgehead atoms. The number of allylic oxidation sites excluding steroid dienone is 2. The molecule has 0 unspecified atom stereocenters. The van der Waals surface area contributed by atoms with Gasteiger partial charge in [0.25, 0.3) is 11.8 Å². The van der Waals surface area contributed by atoms with Crippen molar-refractivity contribution in [1.29, 1.82) is 0 Å². The first-order valence-corrected chi connectivity index (χ1v) is 9.79. The van der Waals surface area contributed by atoms with E-state index in [0.717, 1.165) is 46.6 Å². The number of hydrazone groups is 1. The third kappa shape index (κ3) is 2.20. The summed E-state index contributed by atoms with van der Waals surface area (Å²) in [6.45, 7) is 5.03. The Kier molecular flexibility index (Phi) is 3.61. The number of rotatable bonds is 3. The number of aromatic nitrogens is 1. The maximum atomic E-state index is 12.9. The number of amides is 2. The molecule has 1 aromatic heterocycles. The average molecular weight is 361 g/mol. The average Bonchev–Trinajstić information content (AvgIpc) is 3.13. The van der Waals surface area contributed by atoms with Crippen molar-refractivity contribution in [1.82, 2.24) is 9.58 Å². The quantitative estimate of drug-likeness (QED) is 0.477. The Morgan fingerprint density at radius 1 is 1.07 bits per heavy atom. The highest BCUT2D eigenvalue weighted by Crippen LogP contribution is 2.49. The fraction of sp³-hybridized carbons (Fsp3) is 0.409. The van der Waals surface area contributed by atoms with E-state index in [2.05, 4.69) is 47.8 Å². The molecule has 4 atom stereocenters. The minimum atomic E-state index is -0.212. The number of fused-ring (bicyclic) bond motifs is 2. The van der Waals surface area contributed by atoms with Crippen LogP contribution in [0.1, 0.15) is 31.0 Å². The Balaban J connectivity index is 1.52. The molecule has 0 radical (unpaired) electrons. The second kappa shape index (κ2) is 5.91. The van der Waals surface area contributed by atoms with Gasteiger partial charge in [-0.15, -0.1) is 0 Å². The van der Waals surface area contributed by atoms with Gasteiger partial charge in [-0.05, 0) is 44.6 Å². The van der Waals surface area contributed by atoms with Gasteiger partial charge in [0.15, 0.2) is 0 Å². The van der Waals surface area contributed by atoms with E-state index in [9.17, 15) is 9.59 Å². The van der Waals surface area contributed by atoms with Gasteiger partial charge in [-0.25, -0.2) is 0 Å². The Labute approximate surface area is 158 Å². The summed E-state index contributed by atoms with van der Waals surface area (Å²) in [6.07, 6.45) is 7.97. The number of carbonyl (C=O) groups is 2.